The van der Waals surface area contributed by atoms with E-state index in [0.717, 1.165) is 23.5 Å². The fraction of sp³-hybridized carbons (Fsp3) is 0.294. The maximum Gasteiger partial charge on any atom is 0.169 e. The molecule has 2 aromatic rings. The SMILES string of the molecule is Cc1ccc(N)c(Oc2cccc3c2OC(C)(C)C3)c1. The van der Waals surface area contributed by atoms with Crippen molar-refractivity contribution in [3.05, 3.63) is 47.5 Å². The number of nitrogen functional groups attached to an aromatic ring is 1. The number of nitrogens with two attached hydrogens (primary N) is 1. The molecule has 0 amide bonds. The van der Waals surface area contributed by atoms with E-state index in [4.69, 9.17) is 15.2 Å². The first-order chi connectivity index (χ1) is 9.44. The normalized spacial score (nSPS) is 15.6. The first kappa shape index (κ1) is 12.9. The van der Waals surface area contributed by atoms with Gasteiger partial charge in [-0.1, -0.05) is 18.2 Å². The molecule has 2 aromatic carbocycles. The van der Waals surface area contributed by atoms with Crippen LogP contribution in [0.25, 0.3) is 0 Å². The average molecular weight is 269 g/mol. The monoisotopic (exact) mass is 269 g/mol. The van der Waals surface area contributed by atoms with E-state index in [0.29, 0.717) is 11.4 Å². The number of benzene rings is 2. The summed E-state index contributed by atoms with van der Waals surface area (Å²) in [6.07, 6.45) is 0.892. The Morgan fingerprint density at radius 2 is 1.95 bits per heavy atom. The molecular formula is C17H19NO2. The van der Waals surface area contributed by atoms with Gasteiger partial charge in [0.2, 0.25) is 0 Å². The van der Waals surface area contributed by atoms with E-state index in [-0.39, 0.29) is 5.60 Å². The zero-order valence-electron chi connectivity index (χ0n) is 12.1. The fourth-order valence-corrected chi connectivity index (χ4v) is 2.52. The van der Waals surface area contributed by atoms with Gasteiger partial charge in [0.05, 0.1) is 5.69 Å². The largest absolute Gasteiger partial charge is 0.483 e. The molecule has 3 rings (SSSR count). The van der Waals surface area contributed by atoms with Gasteiger partial charge < -0.3 is 15.2 Å². The van der Waals surface area contributed by atoms with Gasteiger partial charge in [-0.25, -0.2) is 0 Å². The predicted octanol–water partition coefficient (Wildman–Crippen LogP) is 4.08. The minimum atomic E-state index is -0.181. The molecule has 0 fully saturated rings. The smallest absolute Gasteiger partial charge is 0.169 e. The number of ether oxygens (including phenoxy) is 2. The van der Waals surface area contributed by atoms with Gasteiger partial charge in [-0.05, 0) is 44.5 Å². The Hall–Kier alpha value is -2.16. The van der Waals surface area contributed by atoms with Crippen molar-refractivity contribution in [1.29, 1.82) is 0 Å². The van der Waals surface area contributed by atoms with Crippen LogP contribution in [0.2, 0.25) is 0 Å². The number of aryl methyl sites for hydroxylation is 1. The molecule has 3 nitrogen and oxygen atoms in total. The van der Waals surface area contributed by atoms with Crippen LogP contribution in [0.5, 0.6) is 17.2 Å². The minimum Gasteiger partial charge on any atom is -0.483 e. The van der Waals surface area contributed by atoms with Crippen LogP contribution >= 0.6 is 0 Å². The average Bonchev–Trinajstić information content (AvgIpc) is 2.69. The lowest BCUT2D eigenvalue weighted by atomic mass is 10.0. The van der Waals surface area contributed by atoms with E-state index in [1.165, 1.54) is 5.56 Å². The summed E-state index contributed by atoms with van der Waals surface area (Å²) in [5, 5.41) is 0. The van der Waals surface area contributed by atoms with Crippen molar-refractivity contribution in [2.24, 2.45) is 0 Å². The highest BCUT2D eigenvalue weighted by Gasteiger charge is 2.32. The van der Waals surface area contributed by atoms with Crippen LogP contribution in [0.3, 0.4) is 0 Å². The Morgan fingerprint density at radius 3 is 2.75 bits per heavy atom. The quantitative estimate of drug-likeness (QED) is 0.835. The van der Waals surface area contributed by atoms with E-state index in [2.05, 4.69) is 19.9 Å². The lowest BCUT2D eigenvalue weighted by Crippen LogP contribution is -2.24. The van der Waals surface area contributed by atoms with Crippen molar-refractivity contribution in [2.75, 3.05) is 5.73 Å². The zero-order valence-corrected chi connectivity index (χ0v) is 12.1. The third-order valence-electron chi connectivity index (χ3n) is 3.44. The van der Waals surface area contributed by atoms with Gasteiger partial charge in [-0.2, -0.15) is 0 Å². The third-order valence-corrected chi connectivity index (χ3v) is 3.44. The van der Waals surface area contributed by atoms with Gasteiger partial charge in [0.15, 0.2) is 17.2 Å². The van der Waals surface area contributed by atoms with Crippen molar-refractivity contribution >= 4 is 5.69 Å². The number of anilines is 1. The topological polar surface area (TPSA) is 44.5 Å². The molecule has 0 saturated heterocycles. The molecule has 0 spiro atoms. The molecule has 2 N–H and O–H groups in total. The molecule has 1 aliphatic heterocycles. The van der Waals surface area contributed by atoms with Crippen LogP contribution in [0.1, 0.15) is 25.0 Å². The van der Waals surface area contributed by atoms with Gasteiger partial charge in [0.25, 0.3) is 0 Å². The standard InChI is InChI=1S/C17H19NO2/c1-11-7-8-13(18)15(9-11)19-14-6-4-5-12-10-17(2,3)20-16(12)14/h4-9H,10,18H2,1-3H3. The summed E-state index contributed by atoms with van der Waals surface area (Å²) in [6.45, 7) is 6.18. The molecule has 0 atom stereocenters. The molecule has 3 heteroatoms. The lowest BCUT2D eigenvalue weighted by Gasteiger charge is -2.18. The Balaban J connectivity index is 1.97. The second-order valence-electron chi connectivity index (χ2n) is 5.93. The Bertz CT molecular complexity index is 662. The lowest BCUT2D eigenvalue weighted by molar-refractivity contribution is 0.135. The summed E-state index contributed by atoms with van der Waals surface area (Å²) in [5.74, 6) is 2.23. The second-order valence-corrected chi connectivity index (χ2v) is 5.93. The van der Waals surface area contributed by atoms with Crippen LogP contribution in [0.4, 0.5) is 5.69 Å². The summed E-state index contributed by atoms with van der Waals surface area (Å²) < 4.78 is 12.0. The third kappa shape index (κ3) is 2.31. The molecule has 104 valence electrons. The van der Waals surface area contributed by atoms with Crippen molar-refractivity contribution in [3.8, 4) is 17.2 Å². The van der Waals surface area contributed by atoms with E-state index in [1.54, 1.807) is 0 Å². The minimum absolute atomic E-state index is 0.181. The first-order valence-corrected chi connectivity index (χ1v) is 6.79. The maximum atomic E-state index is 6.00. The van der Waals surface area contributed by atoms with Gasteiger partial charge >= 0.3 is 0 Å². The first-order valence-electron chi connectivity index (χ1n) is 6.79. The highest BCUT2D eigenvalue weighted by atomic mass is 16.5. The Kier molecular flexibility index (Phi) is 2.85. The molecule has 0 saturated carbocycles. The van der Waals surface area contributed by atoms with E-state index in [9.17, 15) is 0 Å². The molecule has 0 aromatic heterocycles. The molecular weight excluding hydrogens is 250 g/mol. The van der Waals surface area contributed by atoms with Gasteiger partial charge in [0, 0.05) is 12.0 Å². The number of para-hydroxylation sites is 1. The molecule has 0 unspecified atom stereocenters. The number of fused-ring (bicyclic) bond motifs is 1. The number of hydrogen-bond acceptors (Lipinski definition) is 3. The molecule has 0 bridgehead atoms. The van der Waals surface area contributed by atoms with Crippen LogP contribution in [-0.2, 0) is 6.42 Å². The second kappa shape index (κ2) is 4.44. The molecule has 20 heavy (non-hydrogen) atoms. The van der Waals surface area contributed by atoms with Crippen LogP contribution in [-0.4, -0.2) is 5.60 Å². The molecule has 0 aliphatic carbocycles. The van der Waals surface area contributed by atoms with E-state index in [1.807, 2.05) is 37.3 Å². The Labute approximate surface area is 119 Å². The van der Waals surface area contributed by atoms with Crippen LogP contribution in [0, 0.1) is 6.92 Å². The summed E-state index contributed by atoms with van der Waals surface area (Å²) in [6, 6.07) is 11.8. The molecule has 0 radical (unpaired) electrons. The van der Waals surface area contributed by atoms with E-state index < -0.39 is 0 Å². The van der Waals surface area contributed by atoms with E-state index >= 15 is 0 Å². The zero-order chi connectivity index (χ0) is 14.3. The highest BCUT2D eigenvalue weighted by molar-refractivity contribution is 5.58. The van der Waals surface area contributed by atoms with Crippen molar-refractivity contribution in [1.82, 2.24) is 0 Å². The number of rotatable bonds is 2. The van der Waals surface area contributed by atoms with Crippen LogP contribution < -0.4 is 15.2 Å². The summed E-state index contributed by atoms with van der Waals surface area (Å²) in [7, 11) is 0. The maximum absolute atomic E-state index is 6.00. The summed E-state index contributed by atoms with van der Waals surface area (Å²) in [5.41, 5.74) is 8.71. The summed E-state index contributed by atoms with van der Waals surface area (Å²) >= 11 is 0. The van der Waals surface area contributed by atoms with Gasteiger partial charge in [-0.3, -0.25) is 0 Å². The predicted molar refractivity (Wildman–Crippen MR) is 80.5 cm³/mol. The molecule has 1 heterocycles. The van der Waals surface area contributed by atoms with Gasteiger partial charge in [-0.15, -0.1) is 0 Å². The van der Waals surface area contributed by atoms with Crippen molar-refractivity contribution < 1.29 is 9.47 Å². The number of hydrogen-bond donors (Lipinski definition) is 1. The van der Waals surface area contributed by atoms with Crippen molar-refractivity contribution in [2.45, 2.75) is 32.8 Å². The molecule has 1 aliphatic rings. The van der Waals surface area contributed by atoms with Crippen molar-refractivity contribution in [3.63, 3.8) is 0 Å². The summed E-state index contributed by atoms with van der Waals surface area (Å²) in [4.78, 5) is 0. The van der Waals surface area contributed by atoms with Crippen LogP contribution in [0.15, 0.2) is 36.4 Å². The Morgan fingerprint density at radius 1 is 1.15 bits per heavy atom. The fourth-order valence-electron chi connectivity index (χ4n) is 2.52. The highest BCUT2D eigenvalue weighted by Crippen LogP contribution is 2.44. The van der Waals surface area contributed by atoms with Gasteiger partial charge in [0.1, 0.15) is 5.60 Å².